The molecule has 0 atom stereocenters. The van der Waals surface area contributed by atoms with E-state index >= 15 is 0 Å². The standard InChI is InChI=1S/C14H12F2N2O/c15-11-3-4-12(13(16)8-11)14(19)18-7-5-10-2-1-6-17-9-10/h1-4,6,8-9H,5,7H2,(H,18,19). The van der Waals surface area contributed by atoms with Gasteiger partial charge in [-0.2, -0.15) is 0 Å². The summed E-state index contributed by atoms with van der Waals surface area (Å²) in [6.45, 7) is 0.362. The molecule has 0 aliphatic rings. The van der Waals surface area contributed by atoms with Crippen molar-refractivity contribution in [2.24, 2.45) is 0 Å². The van der Waals surface area contributed by atoms with Gasteiger partial charge in [0.1, 0.15) is 11.6 Å². The van der Waals surface area contributed by atoms with Crippen molar-refractivity contribution in [2.45, 2.75) is 6.42 Å². The van der Waals surface area contributed by atoms with Gasteiger partial charge in [-0.25, -0.2) is 8.78 Å². The molecule has 0 fully saturated rings. The Hall–Kier alpha value is -2.30. The van der Waals surface area contributed by atoms with E-state index in [9.17, 15) is 13.6 Å². The Kier molecular flexibility index (Phi) is 4.18. The van der Waals surface area contributed by atoms with Crippen LogP contribution < -0.4 is 5.32 Å². The molecule has 0 radical (unpaired) electrons. The van der Waals surface area contributed by atoms with E-state index < -0.39 is 17.5 Å². The molecule has 0 aliphatic heterocycles. The second-order valence-corrected chi connectivity index (χ2v) is 3.99. The van der Waals surface area contributed by atoms with Crippen LogP contribution in [-0.4, -0.2) is 17.4 Å². The highest BCUT2D eigenvalue weighted by atomic mass is 19.1. The molecule has 2 rings (SSSR count). The maximum Gasteiger partial charge on any atom is 0.254 e. The lowest BCUT2D eigenvalue weighted by Crippen LogP contribution is -2.26. The third kappa shape index (κ3) is 3.58. The number of carbonyl (C=O) groups excluding carboxylic acids is 1. The first-order valence-corrected chi connectivity index (χ1v) is 5.79. The predicted molar refractivity (Wildman–Crippen MR) is 66.6 cm³/mol. The fourth-order valence-corrected chi connectivity index (χ4v) is 1.64. The first-order valence-electron chi connectivity index (χ1n) is 5.79. The maximum absolute atomic E-state index is 13.3. The molecule has 1 aromatic carbocycles. The molecule has 5 heteroatoms. The summed E-state index contributed by atoms with van der Waals surface area (Å²) in [7, 11) is 0. The lowest BCUT2D eigenvalue weighted by atomic mass is 10.2. The molecule has 1 N–H and O–H groups in total. The summed E-state index contributed by atoms with van der Waals surface area (Å²) in [5, 5.41) is 2.58. The zero-order chi connectivity index (χ0) is 13.7. The first-order chi connectivity index (χ1) is 9.16. The molecule has 0 saturated carbocycles. The summed E-state index contributed by atoms with van der Waals surface area (Å²) in [5.74, 6) is -2.12. The summed E-state index contributed by atoms with van der Waals surface area (Å²) < 4.78 is 26.0. The van der Waals surface area contributed by atoms with E-state index in [4.69, 9.17) is 0 Å². The Balaban J connectivity index is 1.91. The summed E-state index contributed by atoms with van der Waals surface area (Å²) in [6, 6.07) is 6.56. The number of amides is 1. The molecule has 1 aromatic heterocycles. The number of hydrogen-bond donors (Lipinski definition) is 1. The van der Waals surface area contributed by atoms with Crippen LogP contribution in [0.15, 0.2) is 42.7 Å². The number of halogens is 2. The molecule has 3 nitrogen and oxygen atoms in total. The monoisotopic (exact) mass is 262 g/mol. The van der Waals surface area contributed by atoms with E-state index in [-0.39, 0.29) is 5.56 Å². The normalized spacial score (nSPS) is 10.2. The van der Waals surface area contributed by atoms with Crippen LogP contribution in [0.3, 0.4) is 0 Å². The summed E-state index contributed by atoms with van der Waals surface area (Å²) >= 11 is 0. The molecule has 2 aromatic rings. The van der Waals surface area contributed by atoms with Gasteiger partial charge < -0.3 is 5.32 Å². The van der Waals surface area contributed by atoms with Gasteiger partial charge in [0.25, 0.3) is 5.91 Å². The predicted octanol–water partition coefficient (Wildman–Crippen LogP) is 2.33. The zero-order valence-electron chi connectivity index (χ0n) is 10.1. The van der Waals surface area contributed by atoms with Gasteiger partial charge in [0, 0.05) is 25.0 Å². The second-order valence-electron chi connectivity index (χ2n) is 3.99. The SMILES string of the molecule is O=C(NCCc1cccnc1)c1ccc(F)cc1F. The van der Waals surface area contributed by atoms with Crippen molar-refractivity contribution in [1.82, 2.24) is 10.3 Å². The average molecular weight is 262 g/mol. The number of aromatic nitrogens is 1. The smallest absolute Gasteiger partial charge is 0.254 e. The highest BCUT2D eigenvalue weighted by Crippen LogP contribution is 2.09. The van der Waals surface area contributed by atoms with Crippen LogP contribution in [0.25, 0.3) is 0 Å². The van der Waals surface area contributed by atoms with Gasteiger partial charge in [-0.1, -0.05) is 6.07 Å². The number of nitrogens with one attached hydrogen (secondary N) is 1. The Morgan fingerprint density at radius 1 is 1.26 bits per heavy atom. The fourth-order valence-electron chi connectivity index (χ4n) is 1.64. The molecule has 0 aliphatic carbocycles. The van der Waals surface area contributed by atoms with Crippen LogP contribution in [0.5, 0.6) is 0 Å². The maximum atomic E-state index is 13.3. The van der Waals surface area contributed by atoms with Gasteiger partial charge in [-0.05, 0) is 30.2 Å². The molecular formula is C14H12F2N2O. The average Bonchev–Trinajstić information content (AvgIpc) is 2.39. The Morgan fingerprint density at radius 3 is 2.79 bits per heavy atom. The minimum atomic E-state index is -0.862. The van der Waals surface area contributed by atoms with E-state index in [2.05, 4.69) is 10.3 Å². The zero-order valence-corrected chi connectivity index (χ0v) is 10.1. The number of hydrogen-bond acceptors (Lipinski definition) is 2. The highest BCUT2D eigenvalue weighted by Gasteiger charge is 2.11. The van der Waals surface area contributed by atoms with Crippen LogP contribution in [-0.2, 0) is 6.42 Å². The van der Waals surface area contributed by atoms with Gasteiger partial charge in [-0.3, -0.25) is 9.78 Å². The molecule has 0 unspecified atom stereocenters. The lowest BCUT2D eigenvalue weighted by Gasteiger charge is -2.06. The van der Waals surface area contributed by atoms with Crippen molar-refractivity contribution < 1.29 is 13.6 Å². The van der Waals surface area contributed by atoms with Gasteiger partial charge in [0.15, 0.2) is 0 Å². The number of rotatable bonds is 4. The second kappa shape index (κ2) is 6.04. The van der Waals surface area contributed by atoms with E-state index in [0.717, 1.165) is 17.7 Å². The van der Waals surface area contributed by atoms with Crippen molar-refractivity contribution in [2.75, 3.05) is 6.54 Å². The minimum absolute atomic E-state index is 0.160. The van der Waals surface area contributed by atoms with Crippen LogP contribution in [0, 0.1) is 11.6 Å². The quantitative estimate of drug-likeness (QED) is 0.918. The largest absolute Gasteiger partial charge is 0.352 e. The number of pyridine rings is 1. The molecule has 0 saturated heterocycles. The summed E-state index contributed by atoms with van der Waals surface area (Å²) in [5.41, 5.74) is 0.815. The molecule has 0 spiro atoms. The lowest BCUT2D eigenvalue weighted by molar-refractivity contribution is 0.0950. The van der Waals surface area contributed by atoms with Crippen LogP contribution in [0.1, 0.15) is 15.9 Å². The van der Waals surface area contributed by atoms with E-state index in [1.165, 1.54) is 0 Å². The van der Waals surface area contributed by atoms with Crippen LogP contribution in [0.4, 0.5) is 8.78 Å². The van der Waals surface area contributed by atoms with Gasteiger partial charge in [0.2, 0.25) is 0 Å². The van der Waals surface area contributed by atoms with Crippen molar-refractivity contribution >= 4 is 5.91 Å². The van der Waals surface area contributed by atoms with Gasteiger partial charge >= 0.3 is 0 Å². The third-order valence-corrected chi connectivity index (χ3v) is 2.60. The summed E-state index contributed by atoms with van der Waals surface area (Å²) in [6.07, 6.45) is 3.96. The van der Waals surface area contributed by atoms with Crippen molar-refractivity contribution in [3.63, 3.8) is 0 Å². The Morgan fingerprint density at radius 2 is 2.11 bits per heavy atom. The molecule has 98 valence electrons. The number of benzene rings is 1. The van der Waals surface area contributed by atoms with Gasteiger partial charge in [-0.15, -0.1) is 0 Å². The molecule has 0 bridgehead atoms. The Labute approximate surface area is 109 Å². The molecule has 1 amide bonds. The number of nitrogens with zero attached hydrogens (tertiary/aromatic N) is 1. The first kappa shape index (κ1) is 13.1. The van der Waals surface area contributed by atoms with Crippen molar-refractivity contribution in [3.8, 4) is 0 Å². The highest BCUT2D eigenvalue weighted by molar-refractivity contribution is 5.94. The topological polar surface area (TPSA) is 42.0 Å². The van der Waals surface area contributed by atoms with Crippen LogP contribution >= 0.6 is 0 Å². The van der Waals surface area contributed by atoms with E-state index in [0.29, 0.717) is 19.0 Å². The van der Waals surface area contributed by atoms with E-state index in [1.54, 1.807) is 18.5 Å². The minimum Gasteiger partial charge on any atom is -0.352 e. The molecule has 1 heterocycles. The van der Waals surface area contributed by atoms with Gasteiger partial charge in [0.05, 0.1) is 5.56 Å². The molecular weight excluding hydrogens is 250 g/mol. The fraction of sp³-hybridized carbons (Fsp3) is 0.143. The Bertz CT molecular complexity index is 573. The third-order valence-electron chi connectivity index (χ3n) is 2.60. The van der Waals surface area contributed by atoms with Crippen LogP contribution in [0.2, 0.25) is 0 Å². The van der Waals surface area contributed by atoms with Crippen molar-refractivity contribution in [3.05, 3.63) is 65.5 Å². The van der Waals surface area contributed by atoms with Crippen molar-refractivity contribution in [1.29, 1.82) is 0 Å². The number of carbonyl (C=O) groups is 1. The molecule has 19 heavy (non-hydrogen) atoms. The van der Waals surface area contributed by atoms with E-state index in [1.807, 2.05) is 6.07 Å². The summed E-state index contributed by atoms with van der Waals surface area (Å²) in [4.78, 5) is 15.6.